The molecule has 1 fully saturated rings. The predicted octanol–water partition coefficient (Wildman–Crippen LogP) is 3.39. The van der Waals surface area contributed by atoms with Gasteiger partial charge < -0.3 is 0 Å². The van der Waals surface area contributed by atoms with Gasteiger partial charge in [0, 0.05) is 11.8 Å². The fraction of sp³-hybridized carbons (Fsp3) is 0.667. The molecule has 1 aliphatic heterocycles. The molecular formula is C18H22O3S. The summed E-state index contributed by atoms with van der Waals surface area (Å²) in [5, 5.41) is 0. The van der Waals surface area contributed by atoms with E-state index in [0.29, 0.717) is 22.6 Å². The van der Waals surface area contributed by atoms with Crippen molar-refractivity contribution in [1.82, 2.24) is 0 Å². The zero-order valence-corrected chi connectivity index (χ0v) is 14.4. The summed E-state index contributed by atoms with van der Waals surface area (Å²) in [6, 6.07) is 0. The number of fused-ring (bicyclic) bond motifs is 7. The van der Waals surface area contributed by atoms with Crippen LogP contribution in [0.4, 0.5) is 0 Å². The van der Waals surface area contributed by atoms with E-state index in [4.69, 9.17) is 4.18 Å². The molecule has 1 aromatic carbocycles. The van der Waals surface area contributed by atoms with Gasteiger partial charge in [0.2, 0.25) is 0 Å². The molecule has 0 aromatic heterocycles. The molecule has 1 aromatic rings. The largest absolute Gasteiger partial charge is 0.297 e. The van der Waals surface area contributed by atoms with Crippen LogP contribution in [0.3, 0.4) is 0 Å². The minimum absolute atomic E-state index is 0.129. The van der Waals surface area contributed by atoms with Crippen LogP contribution in [0, 0.1) is 5.92 Å². The second kappa shape index (κ2) is 3.62. The van der Waals surface area contributed by atoms with Crippen LogP contribution in [0.1, 0.15) is 73.8 Å². The van der Waals surface area contributed by atoms with Crippen molar-refractivity contribution in [3.05, 3.63) is 27.8 Å². The quantitative estimate of drug-likeness (QED) is 0.689. The van der Waals surface area contributed by atoms with Gasteiger partial charge in [-0.05, 0) is 65.3 Å². The average molecular weight is 318 g/mol. The van der Waals surface area contributed by atoms with Gasteiger partial charge in [-0.1, -0.05) is 20.8 Å². The molecule has 0 unspecified atom stereocenters. The first-order valence-electron chi connectivity index (χ1n) is 8.44. The van der Waals surface area contributed by atoms with Gasteiger partial charge in [0.25, 0.3) is 10.1 Å². The van der Waals surface area contributed by atoms with E-state index in [2.05, 4.69) is 20.8 Å². The highest BCUT2D eigenvalue weighted by Crippen LogP contribution is 2.73. The molecular weight excluding hydrogens is 296 g/mol. The molecule has 5 atom stereocenters. The molecule has 118 valence electrons. The van der Waals surface area contributed by atoms with Crippen LogP contribution in [-0.4, -0.2) is 14.5 Å². The smallest absolute Gasteiger partial charge is 0.263 e. The molecule has 1 spiro atoms. The van der Waals surface area contributed by atoms with Crippen LogP contribution in [0.2, 0.25) is 0 Å². The second-order valence-corrected chi connectivity index (χ2v) is 9.54. The summed E-state index contributed by atoms with van der Waals surface area (Å²) in [4.78, 5) is 0.577. The lowest BCUT2D eigenvalue weighted by atomic mass is 9.57. The van der Waals surface area contributed by atoms with E-state index >= 15 is 0 Å². The molecule has 0 amide bonds. The topological polar surface area (TPSA) is 43.4 Å². The van der Waals surface area contributed by atoms with E-state index in [1.807, 2.05) is 6.92 Å². The third-order valence-electron chi connectivity index (χ3n) is 6.82. The van der Waals surface area contributed by atoms with Crippen LogP contribution in [0.25, 0.3) is 0 Å². The summed E-state index contributed by atoms with van der Waals surface area (Å²) >= 11 is 0. The van der Waals surface area contributed by atoms with Gasteiger partial charge in [0.15, 0.2) is 0 Å². The van der Waals surface area contributed by atoms with E-state index in [-0.39, 0.29) is 11.5 Å². The molecule has 4 heteroatoms. The first-order valence-corrected chi connectivity index (χ1v) is 9.85. The van der Waals surface area contributed by atoms with Crippen LogP contribution in [0.5, 0.6) is 0 Å². The van der Waals surface area contributed by atoms with E-state index < -0.39 is 10.1 Å². The van der Waals surface area contributed by atoms with Gasteiger partial charge in [-0.2, -0.15) is 8.42 Å². The van der Waals surface area contributed by atoms with E-state index in [1.165, 1.54) is 16.7 Å². The maximum atomic E-state index is 12.8. The third-order valence-corrected chi connectivity index (χ3v) is 8.35. The van der Waals surface area contributed by atoms with Crippen molar-refractivity contribution in [2.24, 2.45) is 5.92 Å². The Kier molecular flexibility index (Phi) is 2.23. The Hall–Kier alpha value is -0.870. The SMILES string of the molecule is C[C@@H]1Cc2c3c(c4c(c2S(=O)(=O)O1)[C@]1(C[C@@H]1C)[C@@H]4C)C[C@H]3C. The third kappa shape index (κ3) is 1.24. The van der Waals surface area contributed by atoms with Crippen molar-refractivity contribution in [3.63, 3.8) is 0 Å². The molecule has 1 heterocycles. The van der Waals surface area contributed by atoms with Gasteiger partial charge in [-0.3, -0.25) is 4.18 Å². The summed E-state index contributed by atoms with van der Waals surface area (Å²) in [6.07, 6.45) is 2.76. The molecule has 3 nitrogen and oxygen atoms in total. The van der Waals surface area contributed by atoms with Crippen molar-refractivity contribution >= 4 is 10.1 Å². The average Bonchev–Trinajstić information content (AvgIpc) is 3.08. The Bertz CT molecular complexity index is 839. The highest BCUT2D eigenvalue weighted by Gasteiger charge is 2.67. The molecule has 5 rings (SSSR count). The molecule has 3 aliphatic carbocycles. The van der Waals surface area contributed by atoms with Gasteiger partial charge in [-0.15, -0.1) is 0 Å². The van der Waals surface area contributed by atoms with Gasteiger partial charge in [-0.25, -0.2) is 0 Å². The normalized spacial score (nSPS) is 42.7. The predicted molar refractivity (Wildman–Crippen MR) is 83.9 cm³/mol. The Balaban J connectivity index is 1.89. The zero-order chi connectivity index (χ0) is 15.6. The molecule has 0 radical (unpaired) electrons. The minimum atomic E-state index is -3.60. The highest BCUT2D eigenvalue weighted by molar-refractivity contribution is 7.87. The molecule has 4 aliphatic rings. The van der Waals surface area contributed by atoms with E-state index in [1.54, 1.807) is 0 Å². The molecule has 0 bridgehead atoms. The summed E-state index contributed by atoms with van der Waals surface area (Å²) in [5.74, 6) is 1.61. The van der Waals surface area contributed by atoms with Crippen molar-refractivity contribution in [2.45, 2.75) is 75.2 Å². The zero-order valence-electron chi connectivity index (χ0n) is 13.6. The second-order valence-electron chi connectivity index (χ2n) is 8.03. The Morgan fingerprint density at radius 2 is 1.73 bits per heavy atom. The number of benzene rings is 1. The maximum absolute atomic E-state index is 12.8. The van der Waals surface area contributed by atoms with Crippen LogP contribution < -0.4 is 0 Å². The standard InChI is InChI=1S/C18H22O3S/c1-8-5-12-14(8)13-6-10(3)21-22(19,20)17(13)16-15(12)11(4)18(16)7-9(18)2/h8-11H,5-7H2,1-4H3/t8-,9+,10-,11-,18+/m1/s1. The minimum Gasteiger partial charge on any atom is -0.263 e. The maximum Gasteiger partial charge on any atom is 0.297 e. The van der Waals surface area contributed by atoms with Gasteiger partial charge in [0.05, 0.1) is 6.10 Å². The molecule has 0 saturated heterocycles. The monoisotopic (exact) mass is 318 g/mol. The number of hydrogen-bond donors (Lipinski definition) is 0. The number of rotatable bonds is 0. The highest BCUT2D eigenvalue weighted by atomic mass is 32.2. The van der Waals surface area contributed by atoms with Crippen molar-refractivity contribution in [2.75, 3.05) is 0 Å². The van der Waals surface area contributed by atoms with Crippen LogP contribution in [-0.2, 0) is 32.6 Å². The first kappa shape index (κ1) is 13.6. The Labute approximate surface area is 132 Å². The molecule has 22 heavy (non-hydrogen) atoms. The summed E-state index contributed by atoms with van der Waals surface area (Å²) < 4.78 is 31.0. The van der Waals surface area contributed by atoms with E-state index in [0.717, 1.165) is 30.4 Å². The number of hydrogen-bond acceptors (Lipinski definition) is 3. The van der Waals surface area contributed by atoms with Crippen LogP contribution >= 0.6 is 0 Å². The first-order chi connectivity index (χ1) is 10.3. The Morgan fingerprint density at radius 3 is 2.32 bits per heavy atom. The fourth-order valence-electron chi connectivity index (χ4n) is 5.77. The fourth-order valence-corrected chi connectivity index (χ4v) is 7.41. The van der Waals surface area contributed by atoms with Crippen LogP contribution in [0.15, 0.2) is 4.90 Å². The summed E-state index contributed by atoms with van der Waals surface area (Å²) in [6.45, 7) is 8.64. The summed E-state index contributed by atoms with van der Waals surface area (Å²) in [7, 11) is -3.60. The van der Waals surface area contributed by atoms with Gasteiger partial charge >= 0.3 is 0 Å². The lowest BCUT2D eigenvalue weighted by molar-refractivity contribution is 0.214. The van der Waals surface area contributed by atoms with Gasteiger partial charge in [0.1, 0.15) is 4.90 Å². The molecule has 0 N–H and O–H groups in total. The Morgan fingerprint density at radius 1 is 1.05 bits per heavy atom. The van der Waals surface area contributed by atoms with Crippen molar-refractivity contribution in [3.8, 4) is 0 Å². The summed E-state index contributed by atoms with van der Waals surface area (Å²) in [5.41, 5.74) is 6.55. The van der Waals surface area contributed by atoms with E-state index in [9.17, 15) is 8.42 Å². The van der Waals surface area contributed by atoms with Crippen molar-refractivity contribution in [1.29, 1.82) is 0 Å². The molecule has 1 saturated carbocycles. The van der Waals surface area contributed by atoms with Crippen molar-refractivity contribution < 1.29 is 12.6 Å². The lowest BCUT2D eigenvalue weighted by Crippen LogP contribution is -2.42. The lowest BCUT2D eigenvalue weighted by Gasteiger charge is -2.49.